The first-order valence-corrected chi connectivity index (χ1v) is 10.2. The van der Waals surface area contributed by atoms with Crippen LogP contribution < -0.4 is 10.1 Å². The number of ether oxygens (including phenoxy) is 1. The van der Waals surface area contributed by atoms with Crippen molar-refractivity contribution in [1.82, 2.24) is 19.6 Å². The Bertz CT molecular complexity index is 1330. The summed E-state index contributed by atoms with van der Waals surface area (Å²) in [6, 6.07) is 6.84. The van der Waals surface area contributed by atoms with Gasteiger partial charge in [0.1, 0.15) is 35.2 Å². The van der Waals surface area contributed by atoms with E-state index in [0.29, 0.717) is 28.4 Å². The maximum atomic E-state index is 14.0. The molecule has 0 spiro atoms. The van der Waals surface area contributed by atoms with Crippen molar-refractivity contribution in [2.45, 2.75) is 39.9 Å². The Morgan fingerprint density at radius 3 is 2.58 bits per heavy atom. The fourth-order valence-electron chi connectivity index (χ4n) is 3.56. The largest absolute Gasteiger partial charge is 0.485 e. The average Bonchev–Trinajstić information content (AvgIpc) is 3.27. The number of hydrogen-bond donors (Lipinski definition) is 3. The predicted molar refractivity (Wildman–Crippen MR) is 117 cm³/mol. The molecule has 0 atom stereocenters. The molecule has 0 unspecified atom stereocenters. The highest BCUT2D eigenvalue weighted by molar-refractivity contribution is 6.05. The van der Waals surface area contributed by atoms with Gasteiger partial charge in [-0.1, -0.05) is 6.07 Å². The van der Waals surface area contributed by atoms with Crippen LogP contribution >= 0.6 is 0 Å². The van der Waals surface area contributed by atoms with E-state index in [9.17, 15) is 18.7 Å². The van der Waals surface area contributed by atoms with E-state index in [0.717, 1.165) is 12.1 Å². The minimum atomic E-state index is -1.27. The molecule has 0 radical (unpaired) electrons. The Morgan fingerprint density at radius 2 is 1.91 bits per heavy atom. The summed E-state index contributed by atoms with van der Waals surface area (Å²) >= 11 is 0. The first kappa shape index (κ1) is 22.4. The molecule has 3 aromatic heterocycles. The highest BCUT2D eigenvalue weighted by Crippen LogP contribution is 2.29. The van der Waals surface area contributed by atoms with Crippen LogP contribution in [0.4, 0.5) is 14.5 Å². The topological polar surface area (TPSA) is 105 Å². The summed E-state index contributed by atoms with van der Waals surface area (Å²) < 4.78 is 35.1. The van der Waals surface area contributed by atoms with E-state index in [-0.39, 0.29) is 23.6 Å². The number of anilines is 1. The van der Waals surface area contributed by atoms with Gasteiger partial charge in [0.25, 0.3) is 5.91 Å². The second-order valence-electron chi connectivity index (χ2n) is 8.19. The number of carbonyl (C=O) groups excluding carboxylic acids is 1. The van der Waals surface area contributed by atoms with E-state index >= 15 is 0 Å². The molecule has 1 aromatic carbocycles. The molecule has 0 aliphatic rings. The molecule has 8 nitrogen and oxygen atoms in total. The first-order chi connectivity index (χ1) is 15.6. The van der Waals surface area contributed by atoms with Gasteiger partial charge < -0.3 is 15.2 Å². The molecule has 10 heteroatoms. The van der Waals surface area contributed by atoms with E-state index in [1.807, 2.05) is 0 Å². The number of pyridine rings is 1. The number of carbonyl (C=O) groups is 1. The molecule has 33 heavy (non-hydrogen) atoms. The highest BCUT2D eigenvalue weighted by Gasteiger charge is 2.28. The molecule has 4 rings (SSSR count). The molecule has 0 fully saturated rings. The molecule has 1 amide bonds. The molecule has 0 bridgehead atoms. The molecule has 3 N–H and O–H groups in total. The van der Waals surface area contributed by atoms with Gasteiger partial charge in [-0.05, 0) is 52.0 Å². The Kier molecular flexibility index (Phi) is 5.62. The molecule has 172 valence electrons. The van der Waals surface area contributed by atoms with Gasteiger partial charge in [0, 0.05) is 6.20 Å². The molecular formula is C23H23F2N5O3. The van der Waals surface area contributed by atoms with Crippen LogP contribution in [0.2, 0.25) is 0 Å². The van der Waals surface area contributed by atoms with Gasteiger partial charge in [0.2, 0.25) is 0 Å². The number of H-pyrrole nitrogens is 1. The summed E-state index contributed by atoms with van der Waals surface area (Å²) in [4.78, 5) is 17.6. The van der Waals surface area contributed by atoms with Crippen LogP contribution in [0.1, 0.15) is 47.0 Å². The van der Waals surface area contributed by atoms with Gasteiger partial charge in [-0.25, -0.2) is 13.8 Å². The van der Waals surface area contributed by atoms with Crippen LogP contribution in [0.15, 0.2) is 36.5 Å². The van der Waals surface area contributed by atoms with Gasteiger partial charge in [-0.3, -0.25) is 14.3 Å². The van der Waals surface area contributed by atoms with Crippen LogP contribution in [0, 0.1) is 25.5 Å². The van der Waals surface area contributed by atoms with Crippen LogP contribution in [-0.2, 0) is 12.2 Å². The lowest BCUT2D eigenvalue weighted by molar-refractivity contribution is 0.0744. The van der Waals surface area contributed by atoms with Crippen molar-refractivity contribution >= 4 is 17.2 Å². The summed E-state index contributed by atoms with van der Waals surface area (Å²) in [5, 5.41) is 20.0. The fourth-order valence-corrected chi connectivity index (χ4v) is 3.56. The van der Waals surface area contributed by atoms with Gasteiger partial charge >= 0.3 is 0 Å². The number of aromatic nitrogens is 4. The molecular weight excluding hydrogens is 432 g/mol. The lowest BCUT2D eigenvalue weighted by Crippen LogP contribution is -2.22. The van der Waals surface area contributed by atoms with Crippen molar-refractivity contribution < 1.29 is 23.4 Å². The molecule has 0 saturated carbocycles. The zero-order valence-corrected chi connectivity index (χ0v) is 18.5. The number of halogens is 2. The summed E-state index contributed by atoms with van der Waals surface area (Å²) in [5.41, 5.74) is 0.786. The van der Waals surface area contributed by atoms with Gasteiger partial charge in [-0.2, -0.15) is 5.10 Å². The van der Waals surface area contributed by atoms with E-state index in [4.69, 9.17) is 4.74 Å². The van der Waals surface area contributed by atoms with Crippen molar-refractivity contribution in [3.05, 3.63) is 76.5 Å². The number of imidazole rings is 1. The summed E-state index contributed by atoms with van der Waals surface area (Å²) in [6.07, 6.45) is 1.64. The SMILES string of the molecule is Cc1nc2c(OCc3c(F)cccc3F)cccn2c1C(=O)Nc1c(C(C)(C)O)n[nH]c1C. The number of nitrogens with one attached hydrogen (secondary N) is 2. The van der Waals surface area contributed by atoms with E-state index in [2.05, 4.69) is 20.5 Å². The van der Waals surface area contributed by atoms with Crippen LogP contribution in [0.25, 0.3) is 5.65 Å². The Hall–Kier alpha value is -3.79. The highest BCUT2D eigenvalue weighted by atomic mass is 19.1. The van der Waals surface area contributed by atoms with Crippen molar-refractivity contribution in [3.8, 4) is 5.75 Å². The van der Waals surface area contributed by atoms with E-state index in [1.165, 1.54) is 10.5 Å². The van der Waals surface area contributed by atoms with Gasteiger partial charge in [0.05, 0.1) is 22.6 Å². The quantitative estimate of drug-likeness (QED) is 0.408. The molecule has 0 aliphatic heterocycles. The maximum Gasteiger partial charge on any atom is 0.274 e. The lowest BCUT2D eigenvalue weighted by Gasteiger charge is -2.17. The number of benzene rings is 1. The molecule has 4 aromatic rings. The standard InChI is InChI=1S/C23H23F2N5O3/c1-12-18(20(29-28-12)23(3,4)32)27-22(31)19-13(2)26-21-17(9-6-10-30(19)21)33-11-14-15(24)7-5-8-16(14)25/h5-10,32H,11H2,1-4H3,(H,27,31)(H,28,29). The van der Waals surface area contributed by atoms with Crippen molar-refractivity contribution in [3.63, 3.8) is 0 Å². The van der Waals surface area contributed by atoms with Crippen molar-refractivity contribution in [2.24, 2.45) is 0 Å². The Balaban J connectivity index is 1.66. The van der Waals surface area contributed by atoms with Gasteiger partial charge in [0.15, 0.2) is 11.4 Å². The van der Waals surface area contributed by atoms with Crippen molar-refractivity contribution in [2.75, 3.05) is 5.32 Å². The minimum Gasteiger partial charge on any atom is -0.485 e. The smallest absolute Gasteiger partial charge is 0.274 e. The predicted octanol–water partition coefficient (Wildman–Crippen LogP) is 4.01. The lowest BCUT2D eigenvalue weighted by atomic mass is 10.0. The van der Waals surface area contributed by atoms with Crippen molar-refractivity contribution in [1.29, 1.82) is 0 Å². The number of aromatic amines is 1. The van der Waals surface area contributed by atoms with Crippen LogP contribution in [0.5, 0.6) is 5.75 Å². The molecule has 3 heterocycles. The van der Waals surface area contributed by atoms with Crippen LogP contribution in [-0.4, -0.2) is 30.6 Å². The second-order valence-corrected chi connectivity index (χ2v) is 8.19. The summed E-state index contributed by atoms with van der Waals surface area (Å²) in [6.45, 7) is 6.20. The molecule has 0 saturated heterocycles. The summed E-state index contributed by atoms with van der Waals surface area (Å²) in [7, 11) is 0. The number of nitrogens with zero attached hydrogens (tertiary/aromatic N) is 3. The molecule has 0 aliphatic carbocycles. The third kappa shape index (κ3) is 4.17. The Labute approximate surface area is 188 Å². The first-order valence-electron chi connectivity index (χ1n) is 10.2. The number of hydrogen-bond acceptors (Lipinski definition) is 5. The minimum absolute atomic E-state index is 0.199. The van der Waals surface area contributed by atoms with Crippen LogP contribution in [0.3, 0.4) is 0 Å². The number of amides is 1. The summed E-state index contributed by atoms with van der Waals surface area (Å²) in [5.74, 6) is -1.62. The third-order valence-electron chi connectivity index (χ3n) is 5.20. The average molecular weight is 455 g/mol. The zero-order chi connectivity index (χ0) is 23.9. The van der Waals surface area contributed by atoms with E-state index < -0.39 is 23.1 Å². The maximum absolute atomic E-state index is 14.0. The monoisotopic (exact) mass is 455 g/mol. The fraction of sp³-hybridized carbons (Fsp3) is 0.261. The van der Waals surface area contributed by atoms with E-state index in [1.54, 1.807) is 46.0 Å². The Morgan fingerprint density at radius 1 is 1.21 bits per heavy atom. The normalized spacial score (nSPS) is 11.7. The number of aliphatic hydroxyl groups is 1. The second kappa shape index (κ2) is 8.28. The third-order valence-corrected chi connectivity index (χ3v) is 5.20. The number of fused-ring (bicyclic) bond motifs is 1. The number of aryl methyl sites for hydroxylation is 2. The number of rotatable bonds is 6. The zero-order valence-electron chi connectivity index (χ0n) is 18.5. The van der Waals surface area contributed by atoms with Gasteiger partial charge in [-0.15, -0.1) is 0 Å².